The van der Waals surface area contributed by atoms with Crippen molar-refractivity contribution in [2.45, 2.75) is 45.1 Å². The fraction of sp³-hybridized carbons (Fsp3) is 0.533. The topological polar surface area (TPSA) is 66.6 Å². The summed E-state index contributed by atoms with van der Waals surface area (Å²) in [5, 5.41) is 9.01. The number of carbonyl (C=O) groups is 1. The first-order valence-electron chi connectivity index (χ1n) is 7.03. The monoisotopic (exact) mass is 262 g/mol. The maximum absolute atomic E-state index is 11.0. The zero-order valence-electron chi connectivity index (χ0n) is 11.4. The molecule has 4 heteroatoms. The molecular weight excluding hydrogens is 240 g/mol. The minimum atomic E-state index is -0.968. The third kappa shape index (κ3) is 3.00. The number of nitrogens with two attached hydrogens (primary N) is 1. The number of nitrogens with zero attached hydrogens (tertiary/aromatic N) is 1. The Morgan fingerprint density at radius 1 is 1.37 bits per heavy atom. The Morgan fingerprint density at radius 3 is 2.58 bits per heavy atom. The van der Waals surface area contributed by atoms with E-state index in [2.05, 4.69) is 11.8 Å². The van der Waals surface area contributed by atoms with Gasteiger partial charge in [0.15, 0.2) is 0 Å². The largest absolute Gasteiger partial charge is 0.478 e. The molecule has 0 aromatic heterocycles. The van der Waals surface area contributed by atoms with Crippen LogP contribution in [0.4, 0.5) is 11.4 Å². The van der Waals surface area contributed by atoms with Crippen molar-refractivity contribution < 1.29 is 9.90 Å². The van der Waals surface area contributed by atoms with Crippen molar-refractivity contribution in [1.82, 2.24) is 0 Å². The van der Waals surface area contributed by atoms with Crippen LogP contribution in [0.5, 0.6) is 0 Å². The summed E-state index contributed by atoms with van der Waals surface area (Å²) in [7, 11) is 0. The Balaban J connectivity index is 2.23. The summed E-state index contributed by atoms with van der Waals surface area (Å²) in [6.07, 6.45) is 6.32. The zero-order valence-corrected chi connectivity index (χ0v) is 11.4. The van der Waals surface area contributed by atoms with E-state index in [0.29, 0.717) is 11.7 Å². The van der Waals surface area contributed by atoms with Crippen molar-refractivity contribution in [2.75, 3.05) is 17.2 Å². The molecule has 1 saturated carbocycles. The van der Waals surface area contributed by atoms with Gasteiger partial charge in [0, 0.05) is 24.0 Å². The predicted octanol–water partition coefficient (Wildman–Crippen LogP) is 3.13. The number of carboxylic acid groups (broad SMARTS) is 1. The first-order valence-corrected chi connectivity index (χ1v) is 7.03. The highest BCUT2D eigenvalue weighted by atomic mass is 16.4. The molecule has 1 fully saturated rings. The van der Waals surface area contributed by atoms with Crippen LogP contribution in [-0.2, 0) is 0 Å². The van der Waals surface area contributed by atoms with Crippen LogP contribution in [0.25, 0.3) is 0 Å². The number of hydrogen-bond acceptors (Lipinski definition) is 3. The van der Waals surface area contributed by atoms with Crippen LogP contribution < -0.4 is 10.6 Å². The molecule has 2 rings (SSSR count). The highest BCUT2D eigenvalue weighted by Gasteiger charge is 2.21. The summed E-state index contributed by atoms with van der Waals surface area (Å²) in [6.45, 7) is 3.06. The minimum Gasteiger partial charge on any atom is -0.478 e. The van der Waals surface area contributed by atoms with Gasteiger partial charge in [-0.05, 0) is 38.0 Å². The normalized spacial score (nSPS) is 16.3. The predicted molar refractivity (Wildman–Crippen MR) is 77.7 cm³/mol. The Bertz CT molecular complexity index is 453. The lowest BCUT2D eigenvalue weighted by Gasteiger charge is -2.35. The molecule has 1 aliphatic rings. The number of anilines is 2. The standard InChI is InChI=1S/C15H22N2O2/c1-2-17(11-6-4-3-5-7-11)12-8-9-13(15(18)19)14(16)10-12/h8-11H,2-7,16H2,1H3,(H,18,19). The lowest BCUT2D eigenvalue weighted by atomic mass is 9.93. The van der Waals surface area contributed by atoms with E-state index in [4.69, 9.17) is 10.8 Å². The van der Waals surface area contributed by atoms with Gasteiger partial charge in [0.05, 0.1) is 5.56 Å². The first kappa shape index (κ1) is 13.7. The van der Waals surface area contributed by atoms with Gasteiger partial charge in [-0.25, -0.2) is 4.79 Å². The smallest absolute Gasteiger partial charge is 0.337 e. The van der Waals surface area contributed by atoms with Crippen LogP contribution in [0.15, 0.2) is 18.2 Å². The van der Waals surface area contributed by atoms with E-state index in [0.717, 1.165) is 12.2 Å². The van der Waals surface area contributed by atoms with Crippen molar-refractivity contribution in [2.24, 2.45) is 0 Å². The van der Waals surface area contributed by atoms with Gasteiger partial charge in [0.25, 0.3) is 0 Å². The molecule has 1 aliphatic carbocycles. The summed E-state index contributed by atoms with van der Waals surface area (Å²) in [5.74, 6) is -0.968. The summed E-state index contributed by atoms with van der Waals surface area (Å²) in [5.41, 5.74) is 7.41. The lowest BCUT2D eigenvalue weighted by molar-refractivity contribution is 0.0698. The molecule has 0 unspecified atom stereocenters. The number of aromatic carboxylic acids is 1. The van der Waals surface area contributed by atoms with Crippen LogP contribution in [0.2, 0.25) is 0 Å². The third-order valence-corrected chi connectivity index (χ3v) is 3.95. The van der Waals surface area contributed by atoms with Crippen LogP contribution >= 0.6 is 0 Å². The molecule has 0 radical (unpaired) electrons. The van der Waals surface area contributed by atoms with Crippen molar-refractivity contribution in [3.8, 4) is 0 Å². The van der Waals surface area contributed by atoms with Gasteiger partial charge in [-0.15, -0.1) is 0 Å². The number of benzene rings is 1. The molecule has 0 spiro atoms. The Morgan fingerprint density at radius 2 is 2.05 bits per heavy atom. The molecular formula is C15H22N2O2. The van der Waals surface area contributed by atoms with Crippen molar-refractivity contribution in [1.29, 1.82) is 0 Å². The Kier molecular flexibility index (Phi) is 4.30. The Labute approximate surface area is 114 Å². The quantitative estimate of drug-likeness (QED) is 0.818. The van der Waals surface area contributed by atoms with E-state index >= 15 is 0 Å². The van der Waals surface area contributed by atoms with Gasteiger partial charge >= 0.3 is 5.97 Å². The van der Waals surface area contributed by atoms with E-state index in [1.165, 1.54) is 32.1 Å². The van der Waals surface area contributed by atoms with E-state index in [1.54, 1.807) is 12.1 Å². The van der Waals surface area contributed by atoms with Crippen molar-refractivity contribution >= 4 is 17.3 Å². The molecule has 0 aliphatic heterocycles. The average Bonchev–Trinajstić information content (AvgIpc) is 2.40. The van der Waals surface area contributed by atoms with Crippen LogP contribution in [-0.4, -0.2) is 23.7 Å². The summed E-state index contributed by atoms with van der Waals surface area (Å²) in [6, 6.07) is 5.84. The van der Waals surface area contributed by atoms with Crippen molar-refractivity contribution in [3.63, 3.8) is 0 Å². The molecule has 19 heavy (non-hydrogen) atoms. The van der Waals surface area contributed by atoms with E-state index in [9.17, 15) is 4.79 Å². The van der Waals surface area contributed by atoms with Gasteiger partial charge in [0.2, 0.25) is 0 Å². The second-order valence-corrected chi connectivity index (χ2v) is 5.15. The molecule has 104 valence electrons. The fourth-order valence-corrected chi connectivity index (χ4v) is 2.97. The van der Waals surface area contributed by atoms with Crippen molar-refractivity contribution in [3.05, 3.63) is 23.8 Å². The van der Waals surface area contributed by atoms with Gasteiger partial charge in [-0.3, -0.25) is 0 Å². The Hall–Kier alpha value is -1.71. The second kappa shape index (κ2) is 5.95. The van der Waals surface area contributed by atoms with Gasteiger partial charge in [-0.2, -0.15) is 0 Å². The highest BCUT2D eigenvalue weighted by molar-refractivity contribution is 5.94. The number of rotatable bonds is 4. The maximum Gasteiger partial charge on any atom is 0.337 e. The average molecular weight is 262 g/mol. The molecule has 3 N–H and O–H groups in total. The molecule has 4 nitrogen and oxygen atoms in total. The maximum atomic E-state index is 11.0. The first-order chi connectivity index (χ1) is 9.13. The highest BCUT2D eigenvalue weighted by Crippen LogP contribution is 2.29. The van der Waals surface area contributed by atoms with E-state index in [1.807, 2.05) is 6.07 Å². The van der Waals surface area contributed by atoms with Gasteiger partial charge in [-0.1, -0.05) is 19.3 Å². The van der Waals surface area contributed by atoms with E-state index < -0.39 is 5.97 Å². The molecule has 1 aromatic carbocycles. The second-order valence-electron chi connectivity index (χ2n) is 5.15. The third-order valence-electron chi connectivity index (χ3n) is 3.95. The molecule has 0 heterocycles. The van der Waals surface area contributed by atoms with Crippen LogP contribution in [0, 0.1) is 0 Å². The zero-order chi connectivity index (χ0) is 13.8. The minimum absolute atomic E-state index is 0.184. The van der Waals surface area contributed by atoms with Crippen LogP contribution in [0.3, 0.4) is 0 Å². The number of hydrogen-bond donors (Lipinski definition) is 2. The number of nitrogen functional groups attached to an aromatic ring is 1. The molecule has 0 atom stereocenters. The summed E-state index contributed by atoms with van der Waals surface area (Å²) in [4.78, 5) is 13.3. The summed E-state index contributed by atoms with van der Waals surface area (Å²) >= 11 is 0. The lowest BCUT2D eigenvalue weighted by Crippen LogP contribution is -2.36. The van der Waals surface area contributed by atoms with Gasteiger partial charge in [0.1, 0.15) is 0 Å². The molecule has 0 amide bonds. The van der Waals surface area contributed by atoms with Crippen LogP contribution in [0.1, 0.15) is 49.4 Å². The van der Waals surface area contributed by atoms with Gasteiger partial charge < -0.3 is 15.7 Å². The summed E-state index contributed by atoms with van der Waals surface area (Å²) < 4.78 is 0. The molecule has 0 saturated heterocycles. The molecule has 0 bridgehead atoms. The fourth-order valence-electron chi connectivity index (χ4n) is 2.97. The SMILES string of the molecule is CCN(c1ccc(C(=O)O)c(N)c1)C1CCCCC1. The number of carboxylic acids is 1. The molecule has 1 aromatic rings. The van der Waals surface area contributed by atoms with E-state index in [-0.39, 0.29) is 5.56 Å².